The van der Waals surface area contributed by atoms with Crippen molar-refractivity contribution in [2.75, 3.05) is 45.2 Å². The van der Waals surface area contributed by atoms with Crippen molar-refractivity contribution in [1.29, 1.82) is 5.26 Å². The first-order valence-corrected chi connectivity index (χ1v) is 13.1. The van der Waals surface area contributed by atoms with Crippen molar-refractivity contribution in [2.45, 2.75) is 26.1 Å². The highest BCUT2D eigenvalue weighted by Crippen LogP contribution is 2.39. The Labute approximate surface area is 225 Å². The summed E-state index contributed by atoms with van der Waals surface area (Å²) in [5.41, 5.74) is 6.80. The van der Waals surface area contributed by atoms with Gasteiger partial charge in [0.15, 0.2) is 0 Å². The first kappa shape index (κ1) is 25.7. The van der Waals surface area contributed by atoms with Gasteiger partial charge in [-0.25, -0.2) is 0 Å². The number of aromatic nitrogens is 1. The summed E-state index contributed by atoms with van der Waals surface area (Å²) >= 11 is 0. The molecule has 0 radical (unpaired) electrons. The van der Waals surface area contributed by atoms with E-state index in [1.165, 1.54) is 5.69 Å². The van der Waals surface area contributed by atoms with Crippen molar-refractivity contribution in [3.8, 4) is 34.1 Å². The number of hydrogen-bond donors (Lipinski definition) is 0. The largest absolute Gasteiger partial charge is 0.491 e. The smallest absolute Gasteiger partial charge is 0.138 e. The third kappa shape index (κ3) is 5.50. The van der Waals surface area contributed by atoms with Gasteiger partial charge in [0.1, 0.15) is 12.4 Å². The van der Waals surface area contributed by atoms with E-state index in [-0.39, 0.29) is 12.2 Å². The van der Waals surface area contributed by atoms with Gasteiger partial charge in [-0.2, -0.15) is 5.26 Å². The monoisotopic (exact) mass is 506 g/mol. The van der Waals surface area contributed by atoms with Crippen LogP contribution in [0.2, 0.25) is 0 Å². The summed E-state index contributed by atoms with van der Waals surface area (Å²) in [4.78, 5) is 9.43. The van der Waals surface area contributed by atoms with E-state index in [1.807, 2.05) is 50.6 Å². The van der Waals surface area contributed by atoms with Crippen LogP contribution in [0, 0.1) is 11.3 Å². The molecule has 0 spiro atoms. The fourth-order valence-electron chi connectivity index (χ4n) is 5.09. The minimum absolute atomic E-state index is 0.213. The van der Waals surface area contributed by atoms with Crippen molar-refractivity contribution in [3.05, 3.63) is 78.5 Å². The predicted octanol–water partition coefficient (Wildman–Crippen LogP) is 5.99. The molecular formula is C32H34N4O2. The van der Waals surface area contributed by atoms with Gasteiger partial charge in [0.2, 0.25) is 0 Å². The van der Waals surface area contributed by atoms with E-state index in [0.717, 1.165) is 58.5 Å². The molecule has 38 heavy (non-hydrogen) atoms. The standard InChI is InChI=1S/C32H34N4O2/c1-22-20-36(21-23(2)38-22)27-14-12-26(13-15-27)30-19-34-31-28(25-10-8-24(18-33)9-11-25)6-5-7-29(31)32(30)37-17-16-35(3)4/h5-15,19,22-23H,16-17,20-21H2,1-4H3. The van der Waals surface area contributed by atoms with Crippen LogP contribution in [0.1, 0.15) is 19.4 Å². The van der Waals surface area contributed by atoms with Crippen LogP contribution >= 0.6 is 0 Å². The summed E-state index contributed by atoms with van der Waals surface area (Å²) in [7, 11) is 4.09. The molecule has 1 aliphatic rings. The van der Waals surface area contributed by atoms with E-state index >= 15 is 0 Å². The van der Waals surface area contributed by atoms with E-state index < -0.39 is 0 Å². The Balaban J connectivity index is 1.54. The maximum Gasteiger partial charge on any atom is 0.138 e. The predicted molar refractivity (Wildman–Crippen MR) is 154 cm³/mol. The highest BCUT2D eigenvalue weighted by Gasteiger charge is 2.23. The number of rotatable bonds is 7. The molecule has 0 N–H and O–H groups in total. The van der Waals surface area contributed by atoms with Crippen LogP contribution in [-0.2, 0) is 4.74 Å². The topological polar surface area (TPSA) is 61.6 Å². The zero-order valence-corrected chi connectivity index (χ0v) is 22.5. The van der Waals surface area contributed by atoms with Crippen LogP contribution < -0.4 is 9.64 Å². The van der Waals surface area contributed by atoms with Gasteiger partial charge in [-0.3, -0.25) is 4.98 Å². The maximum absolute atomic E-state index is 9.19. The van der Waals surface area contributed by atoms with Gasteiger partial charge in [-0.15, -0.1) is 0 Å². The Morgan fingerprint density at radius 2 is 1.61 bits per heavy atom. The number of ether oxygens (including phenoxy) is 2. The summed E-state index contributed by atoms with van der Waals surface area (Å²) < 4.78 is 12.4. The lowest BCUT2D eigenvalue weighted by Gasteiger charge is -2.36. The van der Waals surface area contributed by atoms with Crippen molar-refractivity contribution >= 4 is 16.6 Å². The van der Waals surface area contributed by atoms with Crippen molar-refractivity contribution < 1.29 is 9.47 Å². The second-order valence-corrected chi connectivity index (χ2v) is 10.3. The van der Waals surface area contributed by atoms with Gasteiger partial charge < -0.3 is 19.3 Å². The molecule has 3 aromatic carbocycles. The second kappa shape index (κ2) is 11.2. The van der Waals surface area contributed by atoms with Gasteiger partial charge in [-0.1, -0.05) is 36.4 Å². The number of nitriles is 1. The highest BCUT2D eigenvalue weighted by atomic mass is 16.5. The van der Waals surface area contributed by atoms with Crippen molar-refractivity contribution in [2.24, 2.45) is 0 Å². The SMILES string of the molecule is CC1CN(c2ccc(-c3cnc4c(-c5ccc(C#N)cc5)cccc4c3OCCN(C)C)cc2)CC(C)O1. The quantitative estimate of drug-likeness (QED) is 0.307. The molecule has 0 saturated carbocycles. The molecule has 2 atom stereocenters. The summed E-state index contributed by atoms with van der Waals surface area (Å²) in [5, 5.41) is 10.2. The lowest BCUT2D eigenvalue weighted by molar-refractivity contribution is -0.00521. The summed E-state index contributed by atoms with van der Waals surface area (Å²) in [6, 6.07) is 24.7. The van der Waals surface area contributed by atoms with E-state index in [4.69, 9.17) is 14.5 Å². The Bertz CT molecular complexity index is 1430. The highest BCUT2D eigenvalue weighted by molar-refractivity contribution is 6.00. The summed E-state index contributed by atoms with van der Waals surface area (Å²) in [6.45, 7) is 7.41. The van der Waals surface area contributed by atoms with E-state index in [9.17, 15) is 5.26 Å². The van der Waals surface area contributed by atoms with Gasteiger partial charge in [-0.05, 0) is 69.4 Å². The lowest BCUT2D eigenvalue weighted by atomic mass is 9.98. The number of nitrogens with zero attached hydrogens (tertiary/aromatic N) is 4. The van der Waals surface area contributed by atoms with E-state index in [0.29, 0.717) is 12.2 Å². The third-order valence-corrected chi connectivity index (χ3v) is 6.92. The molecule has 0 bridgehead atoms. The Hall–Kier alpha value is -3.92. The van der Waals surface area contributed by atoms with Crippen molar-refractivity contribution in [1.82, 2.24) is 9.88 Å². The van der Waals surface area contributed by atoms with Gasteiger partial charge in [0.25, 0.3) is 0 Å². The maximum atomic E-state index is 9.19. The molecule has 6 nitrogen and oxygen atoms in total. The molecule has 0 amide bonds. The zero-order valence-electron chi connectivity index (χ0n) is 22.5. The molecule has 6 heteroatoms. The van der Waals surface area contributed by atoms with Crippen LogP contribution in [0.15, 0.2) is 72.9 Å². The molecule has 194 valence electrons. The Morgan fingerprint density at radius 1 is 0.947 bits per heavy atom. The fourth-order valence-corrected chi connectivity index (χ4v) is 5.09. The first-order chi connectivity index (χ1) is 18.4. The summed E-state index contributed by atoms with van der Waals surface area (Å²) in [5.74, 6) is 0.841. The van der Waals surface area contributed by atoms with E-state index in [1.54, 1.807) is 0 Å². The minimum atomic E-state index is 0.213. The molecule has 1 saturated heterocycles. The molecule has 5 rings (SSSR count). The molecule has 1 fully saturated rings. The number of para-hydroxylation sites is 1. The average molecular weight is 507 g/mol. The molecule has 0 aliphatic carbocycles. The van der Waals surface area contributed by atoms with E-state index in [2.05, 4.69) is 66.1 Å². The number of fused-ring (bicyclic) bond motifs is 1. The number of likely N-dealkylation sites (N-methyl/N-ethyl adjacent to an activating group) is 1. The average Bonchev–Trinajstić information content (AvgIpc) is 2.92. The van der Waals surface area contributed by atoms with Gasteiger partial charge in [0, 0.05) is 48.0 Å². The molecule has 2 unspecified atom stereocenters. The molecule has 1 aromatic heterocycles. The first-order valence-electron chi connectivity index (χ1n) is 13.1. The number of morpholine rings is 1. The van der Waals surface area contributed by atoms with Crippen LogP contribution in [0.5, 0.6) is 5.75 Å². The van der Waals surface area contributed by atoms with Crippen LogP contribution in [0.3, 0.4) is 0 Å². The molecular weight excluding hydrogens is 472 g/mol. The molecule has 4 aromatic rings. The van der Waals surface area contributed by atoms with Gasteiger partial charge >= 0.3 is 0 Å². The van der Waals surface area contributed by atoms with Crippen LogP contribution in [0.25, 0.3) is 33.2 Å². The molecule has 2 heterocycles. The number of hydrogen-bond acceptors (Lipinski definition) is 6. The van der Waals surface area contributed by atoms with Gasteiger partial charge in [0.05, 0.1) is 29.4 Å². The minimum Gasteiger partial charge on any atom is -0.491 e. The normalized spacial score (nSPS) is 17.5. The van der Waals surface area contributed by atoms with Crippen LogP contribution in [0.4, 0.5) is 5.69 Å². The zero-order chi connectivity index (χ0) is 26.6. The lowest BCUT2D eigenvalue weighted by Crippen LogP contribution is -2.45. The second-order valence-electron chi connectivity index (χ2n) is 10.3. The summed E-state index contributed by atoms with van der Waals surface area (Å²) in [6.07, 6.45) is 2.35. The molecule has 1 aliphatic heterocycles. The third-order valence-electron chi connectivity index (χ3n) is 6.92. The Kier molecular flexibility index (Phi) is 7.59. The number of benzene rings is 3. The number of pyridine rings is 1. The van der Waals surface area contributed by atoms with Crippen molar-refractivity contribution in [3.63, 3.8) is 0 Å². The van der Waals surface area contributed by atoms with Crippen LogP contribution in [-0.4, -0.2) is 62.4 Å². The number of anilines is 1. The Morgan fingerprint density at radius 3 is 2.26 bits per heavy atom. The fraction of sp³-hybridized carbons (Fsp3) is 0.312.